The van der Waals surface area contributed by atoms with Gasteiger partial charge in [-0.3, -0.25) is 4.79 Å². The Kier molecular flexibility index (Phi) is 6.73. The van der Waals surface area contributed by atoms with E-state index in [0.717, 1.165) is 22.2 Å². The smallest absolute Gasteiger partial charge is 0.277 e. The zero-order valence-corrected chi connectivity index (χ0v) is 18.8. The van der Waals surface area contributed by atoms with Gasteiger partial charge in [0.05, 0.1) is 23.3 Å². The van der Waals surface area contributed by atoms with Gasteiger partial charge in [-0.15, -0.1) is 21.5 Å². The molecule has 0 unspecified atom stereocenters. The number of hydrogen-bond acceptors (Lipinski definition) is 8. The van der Waals surface area contributed by atoms with Gasteiger partial charge in [-0.2, -0.15) is 0 Å². The second kappa shape index (κ2) is 9.49. The van der Waals surface area contributed by atoms with E-state index in [-0.39, 0.29) is 46.2 Å². The minimum atomic E-state index is -2.95. The number of thioether (sulfide) groups is 1. The summed E-state index contributed by atoms with van der Waals surface area (Å²) in [6.45, 7) is 0. The molecule has 164 valence electrons. The number of benzene rings is 1. The number of nitrogens with one attached hydrogen (secondary N) is 1. The molecule has 1 aliphatic heterocycles. The molecule has 1 amide bonds. The lowest BCUT2D eigenvalue weighted by atomic mass is 10.1. The number of halogens is 1. The SMILES string of the molecule is O=C(CSc1nnc(C[C@@H]2CCS(=O)(=O)C2)o1)N[C@H](c1ccc(F)cc1)c1cccs1. The molecule has 0 radical (unpaired) electrons. The molecule has 0 spiro atoms. The van der Waals surface area contributed by atoms with E-state index in [1.165, 1.54) is 23.5 Å². The predicted molar refractivity (Wildman–Crippen MR) is 116 cm³/mol. The van der Waals surface area contributed by atoms with E-state index in [0.29, 0.717) is 18.7 Å². The van der Waals surface area contributed by atoms with Gasteiger partial charge in [0, 0.05) is 11.3 Å². The van der Waals surface area contributed by atoms with Crippen LogP contribution in [0.5, 0.6) is 0 Å². The van der Waals surface area contributed by atoms with Crippen LogP contribution >= 0.6 is 23.1 Å². The van der Waals surface area contributed by atoms with Crippen molar-refractivity contribution >= 4 is 38.8 Å². The third-order valence-electron chi connectivity index (χ3n) is 4.90. The highest BCUT2D eigenvalue weighted by Crippen LogP contribution is 2.27. The first kappa shape index (κ1) is 22.0. The molecule has 0 bridgehead atoms. The maximum absolute atomic E-state index is 13.3. The number of thiophene rings is 1. The summed E-state index contributed by atoms with van der Waals surface area (Å²) in [4.78, 5) is 13.5. The highest BCUT2D eigenvalue weighted by Gasteiger charge is 2.29. The molecule has 1 aromatic carbocycles. The second-order valence-corrected chi connectivity index (χ2v) is 11.4. The summed E-state index contributed by atoms with van der Waals surface area (Å²) in [7, 11) is -2.95. The zero-order valence-electron chi connectivity index (χ0n) is 16.4. The first-order chi connectivity index (χ1) is 14.9. The maximum Gasteiger partial charge on any atom is 0.277 e. The van der Waals surface area contributed by atoms with E-state index in [2.05, 4.69) is 15.5 Å². The summed E-state index contributed by atoms with van der Waals surface area (Å²) < 4.78 is 42.0. The predicted octanol–water partition coefficient (Wildman–Crippen LogP) is 3.25. The third-order valence-corrected chi connectivity index (χ3v) is 8.49. The van der Waals surface area contributed by atoms with Crippen LogP contribution in [0.2, 0.25) is 0 Å². The Balaban J connectivity index is 1.34. The van der Waals surface area contributed by atoms with E-state index < -0.39 is 9.84 Å². The summed E-state index contributed by atoms with van der Waals surface area (Å²) in [5, 5.41) is 13.1. The minimum Gasteiger partial charge on any atom is -0.416 e. The Morgan fingerprint density at radius 3 is 2.77 bits per heavy atom. The van der Waals surface area contributed by atoms with Crippen molar-refractivity contribution in [1.82, 2.24) is 15.5 Å². The molecule has 4 rings (SSSR count). The van der Waals surface area contributed by atoms with E-state index in [1.807, 2.05) is 17.5 Å². The standard InChI is InChI=1S/C20H20FN3O4S3/c21-15-5-3-14(4-6-15)19(16-2-1-8-29-16)22-17(25)11-30-20-24-23-18(28-20)10-13-7-9-31(26,27)12-13/h1-6,8,13,19H,7,9-12H2,(H,22,25)/t13-,19+/m0/s1. The quantitative estimate of drug-likeness (QED) is 0.493. The van der Waals surface area contributed by atoms with Crippen LogP contribution in [0.1, 0.15) is 28.8 Å². The van der Waals surface area contributed by atoms with Gasteiger partial charge >= 0.3 is 0 Å². The molecule has 1 N–H and O–H groups in total. The molecular formula is C20H20FN3O4S3. The number of carbonyl (C=O) groups excluding carboxylic acids is 1. The van der Waals surface area contributed by atoms with Gasteiger partial charge in [0.1, 0.15) is 5.82 Å². The zero-order chi connectivity index (χ0) is 21.8. The summed E-state index contributed by atoms with van der Waals surface area (Å²) in [5.41, 5.74) is 0.786. The fourth-order valence-corrected chi connectivity index (χ4v) is 6.67. The summed E-state index contributed by atoms with van der Waals surface area (Å²) in [5.74, 6) is 0.234. The molecule has 2 atom stereocenters. The summed E-state index contributed by atoms with van der Waals surface area (Å²) >= 11 is 2.62. The lowest BCUT2D eigenvalue weighted by molar-refractivity contribution is -0.119. The number of aromatic nitrogens is 2. The second-order valence-electron chi connectivity index (χ2n) is 7.29. The van der Waals surface area contributed by atoms with Crippen molar-refractivity contribution in [3.8, 4) is 0 Å². The van der Waals surface area contributed by atoms with Gasteiger partial charge in [-0.05, 0) is 41.5 Å². The molecule has 1 fully saturated rings. The Morgan fingerprint density at radius 1 is 1.29 bits per heavy atom. The van der Waals surface area contributed by atoms with Crippen LogP contribution in [-0.2, 0) is 21.1 Å². The molecule has 0 saturated carbocycles. The van der Waals surface area contributed by atoms with Crippen LogP contribution in [0.15, 0.2) is 51.4 Å². The average Bonchev–Trinajstić information content (AvgIpc) is 3.47. The van der Waals surface area contributed by atoms with E-state index in [4.69, 9.17) is 4.42 Å². The molecule has 1 saturated heterocycles. The fraction of sp³-hybridized carbons (Fsp3) is 0.350. The molecule has 3 heterocycles. The van der Waals surface area contributed by atoms with Crippen LogP contribution in [0.4, 0.5) is 4.39 Å². The van der Waals surface area contributed by atoms with Crippen molar-refractivity contribution < 1.29 is 22.0 Å². The molecular weight excluding hydrogens is 461 g/mol. The molecule has 7 nitrogen and oxygen atoms in total. The van der Waals surface area contributed by atoms with Crippen molar-refractivity contribution in [3.63, 3.8) is 0 Å². The van der Waals surface area contributed by atoms with E-state index in [1.54, 1.807) is 12.1 Å². The molecule has 11 heteroatoms. The number of amides is 1. The van der Waals surface area contributed by atoms with Gasteiger partial charge in [0.25, 0.3) is 5.22 Å². The van der Waals surface area contributed by atoms with E-state index >= 15 is 0 Å². The number of nitrogens with zero attached hydrogens (tertiary/aromatic N) is 2. The number of sulfone groups is 1. The van der Waals surface area contributed by atoms with Crippen LogP contribution < -0.4 is 5.32 Å². The van der Waals surface area contributed by atoms with Crippen LogP contribution in [0.3, 0.4) is 0 Å². The van der Waals surface area contributed by atoms with Crippen molar-refractivity contribution in [2.24, 2.45) is 5.92 Å². The van der Waals surface area contributed by atoms with Crippen LogP contribution in [-0.4, -0.2) is 41.8 Å². The largest absolute Gasteiger partial charge is 0.416 e. The molecule has 0 aliphatic carbocycles. The van der Waals surface area contributed by atoms with Gasteiger partial charge < -0.3 is 9.73 Å². The highest BCUT2D eigenvalue weighted by molar-refractivity contribution is 7.99. The van der Waals surface area contributed by atoms with E-state index in [9.17, 15) is 17.6 Å². The van der Waals surface area contributed by atoms with Crippen molar-refractivity contribution in [2.75, 3.05) is 17.3 Å². The average molecular weight is 482 g/mol. The number of hydrogen-bond donors (Lipinski definition) is 1. The monoisotopic (exact) mass is 481 g/mol. The number of carbonyl (C=O) groups is 1. The Morgan fingerprint density at radius 2 is 2.10 bits per heavy atom. The molecule has 2 aromatic heterocycles. The first-order valence-electron chi connectivity index (χ1n) is 9.62. The van der Waals surface area contributed by atoms with Crippen molar-refractivity contribution in [1.29, 1.82) is 0 Å². The van der Waals surface area contributed by atoms with Crippen LogP contribution in [0.25, 0.3) is 0 Å². The Hall–Kier alpha value is -2.24. The highest BCUT2D eigenvalue weighted by atomic mass is 32.2. The van der Waals surface area contributed by atoms with Gasteiger partial charge in [0.15, 0.2) is 9.84 Å². The van der Waals surface area contributed by atoms with Crippen LogP contribution in [0, 0.1) is 11.7 Å². The Labute approximate surface area is 187 Å². The number of rotatable bonds is 8. The normalized spacial score (nSPS) is 18.7. The van der Waals surface area contributed by atoms with Gasteiger partial charge in [0.2, 0.25) is 11.8 Å². The maximum atomic E-state index is 13.3. The molecule has 31 heavy (non-hydrogen) atoms. The Bertz CT molecular complexity index is 1130. The molecule has 1 aliphatic rings. The summed E-state index contributed by atoms with van der Waals surface area (Å²) in [6, 6.07) is 9.48. The topological polar surface area (TPSA) is 102 Å². The van der Waals surface area contributed by atoms with Crippen molar-refractivity contribution in [3.05, 3.63) is 63.9 Å². The lowest BCUT2D eigenvalue weighted by Gasteiger charge is -2.18. The fourth-order valence-electron chi connectivity index (χ4n) is 3.42. The molecule has 3 aromatic rings. The summed E-state index contributed by atoms with van der Waals surface area (Å²) in [6.07, 6.45) is 1.02. The first-order valence-corrected chi connectivity index (χ1v) is 13.3. The van der Waals surface area contributed by atoms with Crippen molar-refractivity contribution in [2.45, 2.75) is 24.1 Å². The third kappa shape index (κ3) is 5.92. The van der Waals surface area contributed by atoms with Gasteiger partial charge in [-0.25, -0.2) is 12.8 Å². The van der Waals surface area contributed by atoms with Gasteiger partial charge in [-0.1, -0.05) is 30.0 Å². The lowest BCUT2D eigenvalue weighted by Crippen LogP contribution is -2.30. The minimum absolute atomic E-state index is 0.00568.